The van der Waals surface area contributed by atoms with E-state index >= 15 is 0 Å². The van der Waals surface area contributed by atoms with Crippen molar-refractivity contribution in [1.29, 1.82) is 0 Å². The van der Waals surface area contributed by atoms with Gasteiger partial charge in [0.05, 0.1) is 63.5 Å². The van der Waals surface area contributed by atoms with E-state index in [0.717, 1.165) is 150 Å². The number of hydrogen-bond donors (Lipinski definition) is 3. The first-order valence-corrected chi connectivity index (χ1v) is 21.6. The normalized spacial score (nSPS) is 17.2. The number of anilines is 4. The standard InChI is InChI=1S/C44H47Cl2N15/c1-4-57-11-13-58(14-12-57)25-30-20-37-34(21-48-30)42(31-7-5-6-8-35(31)45)53-40-28(3)61(56-44(40)50-37)26-60-17-15-59(16-18-60)24-29-19-33-38(23-49-29)51-43-39(27(2)54-55-43)52-41(33)32-9-10-47-22-36(32)46/h5-10,19-23H,4,11-18,24-26H2,1-3H3,(H,50,56)(H2,51,54,55). The van der Waals surface area contributed by atoms with Gasteiger partial charge in [0.15, 0.2) is 11.6 Å². The van der Waals surface area contributed by atoms with Crippen molar-refractivity contribution in [2.75, 3.05) is 69.5 Å². The van der Waals surface area contributed by atoms with Crippen molar-refractivity contribution in [3.63, 3.8) is 0 Å². The number of benzene rings is 1. The van der Waals surface area contributed by atoms with Crippen LogP contribution in [0.25, 0.3) is 0 Å². The van der Waals surface area contributed by atoms with E-state index in [1.807, 2.05) is 49.6 Å². The van der Waals surface area contributed by atoms with Crippen molar-refractivity contribution in [1.82, 2.24) is 54.5 Å². The number of likely N-dealkylation sites (N-methyl/N-ethyl adjacent to an activating group) is 1. The highest BCUT2D eigenvalue weighted by atomic mass is 35.5. The number of piperazine rings is 2. The van der Waals surface area contributed by atoms with Crippen molar-refractivity contribution >= 4 is 69.0 Å². The molecule has 2 saturated heterocycles. The predicted octanol–water partition coefficient (Wildman–Crippen LogP) is 7.08. The molecular formula is C44H47Cl2N15. The minimum absolute atomic E-state index is 0.530. The molecule has 0 bridgehead atoms. The maximum Gasteiger partial charge on any atom is 0.178 e. The number of nitrogens with one attached hydrogen (secondary N) is 3. The lowest BCUT2D eigenvalue weighted by molar-refractivity contribution is 0.0974. The summed E-state index contributed by atoms with van der Waals surface area (Å²) in [5, 5.41) is 20.9. The van der Waals surface area contributed by atoms with Gasteiger partial charge in [-0.1, -0.05) is 48.3 Å². The summed E-state index contributed by atoms with van der Waals surface area (Å²) in [6.07, 6.45) is 7.19. The van der Waals surface area contributed by atoms with Crippen LogP contribution in [0, 0.1) is 13.8 Å². The van der Waals surface area contributed by atoms with Gasteiger partial charge >= 0.3 is 0 Å². The van der Waals surface area contributed by atoms with Crippen molar-refractivity contribution in [2.45, 2.75) is 40.5 Å². The molecule has 0 unspecified atom stereocenters. The molecule has 0 amide bonds. The highest BCUT2D eigenvalue weighted by molar-refractivity contribution is 6.36. The molecule has 312 valence electrons. The second-order valence-electron chi connectivity index (χ2n) is 16.0. The highest BCUT2D eigenvalue weighted by Crippen LogP contribution is 2.40. The predicted molar refractivity (Wildman–Crippen MR) is 241 cm³/mol. The first kappa shape index (κ1) is 39.6. The van der Waals surface area contributed by atoms with Crippen LogP contribution >= 0.6 is 23.2 Å². The summed E-state index contributed by atoms with van der Waals surface area (Å²) in [7, 11) is 0. The summed E-state index contributed by atoms with van der Waals surface area (Å²) in [4.78, 5) is 34.3. The molecule has 61 heavy (non-hydrogen) atoms. The van der Waals surface area contributed by atoms with Crippen LogP contribution in [0.1, 0.15) is 52.0 Å². The third-order valence-corrected chi connectivity index (χ3v) is 12.7. The van der Waals surface area contributed by atoms with Crippen LogP contribution in [0.15, 0.2) is 77.2 Å². The number of hydrogen-bond acceptors (Lipinski definition) is 13. The lowest BCUT2D eigenvalue weighted by Crippen LogP contribution is -2.46. The molecule has 10 rings (SSSR count). The van der Waals surface area contributed by atoms with Crippen molar-refractivity contribution in [3.8, 4) is 0 Å². The van der Waals surface area contributed by atoms with Crippen LogP contribution in [-0.4, -0.2) is 125 Å². The summed E-state index contributed by atoms with van der Waals surface area (Å²) in [6, 6.07) is 14.0. The van der Waals surface area contributed by atoms with Crippen LogP contribution in [0.3, 0.4) is 0 Å². The number of pyridine rings is 3. The number of nitrogens with zero attached hydrogens (tertiary/aromatic N) is 12. The summed E-state index contributed by atoms with van der Waals surface area (Å²) in [5.74, 6) is 1.38. The smallest absolute Gasteiger partial charge is 0.178 e. The monoisotopic (exact) mass is 855 g/mol. The van der Waals surface area contributed by atoms with Crippen molar-refractivity contribution < 1.29 is 0 Å². The van der Waals surface area contributed by atoms with E-state index in [1.54, 1.807) is 12.4 Å². The Bertz CT molecular complexity index is 2670. The summed E-state index contributed by atoms with van der Waals surface area (Å²) >= 11 is 13.5. The van der Waals surface area contributed by atoms with Crippen molar-refractivity contribution in [3.05, 3.63) is 122 Å². The highest BCUT2D eigenvalue weighted by Gasteiger charge is 2.28. The number of aliphatic imine (C=N–C) groups is 2. The minimum Gasteiger partial charge on any atom is -0.336 e. The first-order chi connectivity index (χ1) is 29.8. The second kappa shape index (κ2) is 16.7. The number of aromatic nitrogens is 7. The number of aromatic amines is 1. The lowest BCUT2D eigenvalue weighted by Gasteiger charge is -2.34. The fraction of sp³-hybridized carbons (Fsp3) is 0.341. The zero-order valence-electron chi connectivity index (χ0n) is 34.5. The molecule has 17 heteroatoms. The van der Waals surface area contributed by atoms with E-state index < -0.39 is 0 Å². The molecule has 0 saturated carbocycles. The Balaban J connectivity index is 0.858. The average molecular weight is 857 g/mol. The van der Waals surface area contributed by atoms with Gasteiger partial charge in [0.2, 0.25) is 0 Å². The molecule has 2 fully saturated rings. The molecular weight excluding hydrogens is 809 g/mol. The average Bonchev–Trinajstić information content (AvgIpc) is 3.62. The molecule has 1 aromatic carbocycles. The third-order valence-electron chi connectivity index (χ3n) is 12.1. The number of halogens is 2. The number of rotatable bonds is 9. The van der Waals surface area contributed by atoms with E-state index in [0.29, 0.717) is 29.1 Å². The van der Waals surface area contributed by atoms with E-state index in [-0.39, 0.29) is 0 Å². The molecule has 6 aromatic rings. The molecule has 4 aliphatic rings. The summed E-state index contributed by atoms with van der Waals surface area (Å²) in [6.45, 7) is 17.2. The zero-order valence-corrected chi connectivity index (χ0v) is 36.0. The first-order valence-electron chi connectivity index (χ1n) is 20.8. The summed E-state index contributed by atoms with van der Waals surface area (Å²) in [5.41, 5.74) is 12.1. The van der Waals surface area contributed by atoms with Gasteiger partial charge in [-0.2, -0.15) is 10.2 Å². The van der Waals surface area contributed by atoms with E-state index in [9.17, 15) is 0 Å². The van der Waals surface area contributed by atoms with Gasteiger partial charge in [-0.25, -0.2) is 9.98 Å². The molecule has 0 spiro atoms. The van der Waals surface area contributed by atoms with Gasteiger partial charge in [-0.05, 0) is 44.7 Å². The largest absolute Gasteiger partial charge is 0.336 e. The van der Waals surface area contributed by atoms with E-state index in [4.69, 9.17) is 48.3 Å². The Hall–Kier alpha value is -5.55. The Morgan fingerprint density at radius 3 is 2.05 bits per heavy atom. The summed E-state index contributed by atoms with van der Waals surface area (Å²) < 4.78 is 2.07. The fourth-order valence-electron chi connectivity index (χ4n) is 8.53. The quantitative estimate of drug-likeness (QED) is 0.137. The van der Waals surface area contributed by atoms with Gasteiger partial charge in [0.1, 0.15) is 11.4 Å². The molecule has 3 N–H and O–H groups in total. The van der Waals surface area contributed by atoms with Crippen molar-refractivity contribution in [2.24, 2.45) is 9.98 Å². The van der Waals surface area contributed by atoms with Gasteiger partial charge < -0.3 is 15.5 Å². The van der Waals surface area contributed by atoms with Gasteiger partial charge in [-0.15, -0.1) is 0 Å². The maximum absolute atomic E-state index is 6.83. The Kier molecular flexibility index (Phi) is 10.8. The Morgan fingerprint density at radius 2 is 1.30 bits per heavy atom. The van der Waals surface area contributed by atoms with Crippen LogP contribution in [0.5, 0.6) is 0 Å². The molecule has 0 atom stereocenters. The van der Waals surface area contributed by atoms with Gasteiger partial charge in [0.25, 0.3) is 0 Å². The van der Waals surface area contributed by atoms with Gasteiger partial charge in [0, 0.05) is 111 Å². The third kappa shape index (κ3) is 7.93. The van der Waals surface area contributed by atoms with E-state index in [1.165, 1.54) is 0 Å². The fourth-order valence-corrected chi connectivity index (χ4v) is 8.96. The van der Waals surface area contributed by atoms with E-state index in [2.05, 4.69) is 76.1 Å². The van der Waals surface area contributed by atoms with Crippen LogP contribution in [-0.2, 0) is 19.8 Å². The second-order valence-corrected chi connectivity index (χ2v) is 16.8. The van der Waals surface area contributed by atoms with Crippen LogP contribution in [0.2, 0.25) is 10.0 Å². The molecule has 4 aliphatic heterocycles. The minimum atomic E-state index is 0.530. The Morgan fingerprint density at radius 1 is 0.639 bits per heavy atom. The number of aryl methyl sites for hydroxylation is 1. The lowest BCUT2D eigenvalue weighted by atomic mass is 10.0. The number of fused-ring (bicyclic) bond motifs is 4. The van der Waals surface area contributed by atoms with Crippen LogP contribution < -0.4 is 10.6 Å². The molecule has 0 aliphatic carbocycles. The Labute approximate surface area is 364 Å². The molecule has 5 aromatic heterocycles. The number of H-pyrrole nitrogens is 1. The molecule has 0 radical (unpaired) electrons. The SMILES string of the molecule is CCN1CCN(Cc2cc3c(cn2)C(c2ccccc2Cl)=Nc2c(nn(CN4CCN(Cc5cc6c(cn5)Nc5n[nH]c(C)c5N=C6c5ccncc5Cl)CC4)c2C)N3)CC1. The maximum atomic E-state index is 6.83. The molecule has 9 heterocycles. The zero-order chi connectivity index (χ0) is 41.6. The van der Waals surface area contributed by atoms with Gasteiger partial charge in [-0.3, -0.25) is 39.4 Å². The topological polar surface area (TPSA) is 147 Å². The molecule has 15 nitrogen and oxygen atoms in total. The van der Waals surface area contributed by atoms with Crippen LogP contribution in [0.4, 0.5) is 34.4 Å².